The maximum atomic E-state index is 5.98. The smallest absolute Gasteiger partial charge is 0.102 e. The lowest BCUT2D eigenvalue weighted by Gasteiger charge is -2.32. The van der Waals surface area contributed by atoms with Gasteiger partial charge in [-0.3, -0.25) is 0 Å². The average molecular weight is 357 g/mol. The van der Waals surface area contributed by atoms with Crippen molar-refractivity contribution in [1.82, 2.24) is 5.32 Å². The monoisotopic (exact) mass is 357 g/mol. The molecule has 0 spiro atoms. The van der Waals surface area contributed by atoms with Crippen molar-refractivity contribution in [2.75, 3.05) is 7.11 Å². The third-order valence-corrected chi connectivity index (χ3v) is 4.83. The zero-order valence-electron chi connectivity index (χ0n) is 15.8. The van der Waals surface area contributed by atoms with Gasteiger partial charge in [-0.05, 0) is 23.1 Å². The SMILES string of the molecule is C=CC[C@@H](N[C@H](c1ccccc1)[C@@H](OC)c1ccccc1)c1ccccc1. The molecule has 0 bridgehead atoms. The molecule has 0 aliphatic carbocycles. The zero-order valence-corrected chi connectivity index (χ0v) is 15.8. The minimum Gasteiger partial charge on any atom is -0.375 e. The molecule has 1 N–H and O–H groups in total. The minimum absolute atomic E-state index is 0.0174. The topological polar surface area (TPSA) is 21.3 Å². The van der Waals surface area contributed by atoms with E-state index in [9.17, 15) is 0 Å². The van der Waals surface area contributed by atoms with Gasteiger partial charge in [-0.25, -0.2) is 0 Å². The number of nitrogens with one attached hydrogen (secondary N) is 1. The summed E-state index contributed by atoms with van der Waals surface area (Å²) in [6.45, 7) is 3.96. The Morgan fingerprint density at radius 1 is 0.778 bits per heavy atom. The molecule has 2 heteroatoms. The van der Waals surface area contributed by atoms with Gasteiger partial charge < -0.3 is 10.1 Å². The first kappa shape index (κ1) is 19.1. The van der Waals surface area contributed by atoms with Crippen molar-refractivity contribution in [3.05, 3.63) is 120 Å². The molecule has 0 aliphatic rings. The Bertz CT molecular complexity index is 802. The fourth-order valence-electron chi connectivity index (χ4n) is 3.50. The molecule has 3 aromatic carbocycles. The lowest BCUT2D eigenvalue weighted by Crippen LogP contribution is -2.31. The van der Waals surface area contributed by atoms with E-state index in [1.54, 1.807) is 7.11 Å². The van der Waals surface area contributed by atoms with Gasteiger partial charge >= 0.3 is 0 Å². The first-order valence-corrected chi connectivity index (χ1v) is 9.38. The van der Waals surface area contributed by atoms with Gasteiger partial charge in [-0.1, -0.05) is 97.1 Å². The van der Waals surface area contributed by atoms with Gasteiger partial charge in [-0.2, -0.15) is 0 Å². The summed E-state index contributed by atoms with van der Waals surface area (Å²) in [4.78, 5) is 0. The molecule has 2 nitrogen and oxygen atoms in total. The van der Waals surface area contributed by atoms with Crippen LogP contribution in [0.15, 0.2) is 104 Å². The third kappa shape index (κ3) is 4.94. The van der Waals surface area contributed by atoms with Crippen LogP contribution in [-0.2, 0) is 4.74 Å². The summed E-state index contributed by atoms with van der Waals surface area (Å²) < 4.78 is 5.98. The second-order valence-corrected chi connectivity index (χ2v) is 6.61. The van der Waals surface area contributed by atoms with E-state index in [0.29, 0.717) is 0 Å². The fraction of sp³-hybridized carbons (Fsp3) is 0.200. The molecule has 3 atom stereocenters. The molecule has 3 aromatic rings. The normalized spacial score (nSPS) is 14.3. The number of hydrogen-bond acceptors (Lipinski definition) is 2. The Balaban J connectivity index is 1.97. The van der Waals surface area contributed by atoms with Crippen LogP contribution in [-0.4, -0.2) is 7.11 Å². The lowest BCUT2D eigenvalue weighted by molar-refractivity contribution is 0.0630. The van der Waals surface area contributed by atoms with Crippen LogP contribution < -0.4 is 5.32 Å². The van der Waals surface area contributed by atoms with Crippen LogP contribution in [0.1, 0.15) is 41.3 Å². The highest BCUT2D eigenvalue weighted by atomic mass is 16.5. The van der Waals surface area contributed by atoms with Crippen molar-refractivity contribution in [3.8, 4) is 0 Å². The summed E-state index contributed by atoms with van der Waals surface area (Å²) in [5.41, 5.74) is 3.62. The highest BCUT2D eigenvalue weighted by molar-refractivity contribution is 5.28. The van der Waals surface area contributed by atoms with Crippen LogP contribution in [0.5, 0.6) is 0 Å². The van der Waals surface area contributed by atoms with Crippen LogP contribution in [0.3, 0.4) is 0 Å². The van der Waals surface area contributed by atoms with E-state index in [1.807, 2.05) is 24.3 Å². The van der Waals surface area contributed by atoms with E-state index < -0.39 is 0 Å². The molecular formula is C25H27NO. The molecule has 0 radical (unpaired) electrons. The second kappa shape index (κ2) is 9.86. The highest BCUT2D eigenvalue weighted by Crippen LogP contribution is 2.34. The predicted molar refractivity (Wildman–Crippen MR) is 113 cm³/mol. The fourth-order valence-corrected chi connectivity index (χ4v) is 3.50. The van der Waals surface area contributed by atoms with Crippen LogP contribution >= 0.6 is 0 Å². The van der Waals surface area contributed by atoms with Crippen molar-refractivity contribution in [1.29, 1.82) is 0 Å². The molecule has 0 fully saturated rings. The van der Waals surface area contributed by atoms with E-state index in [4.69, 9.17) is 4.74 Å². The van der Waals surface area contributed by atoms with Crippen LogP contribution in [0.4, 0.5) is 0 Å². The Morgan fingerprint density at radius 3 is 1.74 bits per heavy atom. The molecule has 0 aliphatic heterocycles. The van der Waals surface area contributed by atoms with Crippen LogP contribution in [0.25, 0.3) is 0 Å². The summed E-state index contributed by atoms with van der Waals surface area (Å²) in [5.74, 6) is 0. The van der Waals surface area contributed by atoms with E-state index in [-0.39, 0.29) is 18.2 Å². The molecule has 0 heterocycles. The molecule has 0 saturated heterocycles. The molecular weight excluding hydrogens is 330 g/mol. The minimum atomic E-state index is -0.0929. The van der Waals surface area contributed by atoms with Crippen molar-refractivity contribution >= 4 is 0 Å². The Morgan fingerprint density at radius 2 is 1.26 bits per heavy atom. The van der Waals surface area contributed by atoms with Gasteiger partial charge in [0.05, 0.1) is 6.04 Å². The van der Waals surface area contributed by atoms with Gasteiger partial charge in [0.1, 0.15) is 6.10 Å². The zero-order chi connectivity index (χ0) is 18.9. The maximum absolute atomic E-state index is 5.98. The van der Waals surface area contributed by atoms with Crippen molar-refractivity contribution in [3.63, 3.8) is 0 Å². The largest absolute Gasteiger partial charge is 0.375 e. The molecule has 0 unspecified atom stereocenters. The van der Waals surface area contributed by atoms with Gasteiger partial charge in [0, 0.05) is 13.2 Å². The number of methoxy groups -OCH3 is 1. The quantitative estimate of drug-likeness (QED) is 0.473. The van der Waals surface area contributed by atoms with E-state index >= 15 is 0 Å². The molecule has 138 valence electrons. The summed E-state index contributed by atoms with van der Waals surface area (Å²) in [6, 6.07) is 31.6. The van der Waals surface area contributed by atoms with E-state index in [2.05, 4.69) is 84.7 Å². The molecule has 0 amide bonds. The van der Waals surface area contributed by atoms with E-state index in [0.717, 1.165) is 12.0 Å². The Hall–Kier alpha value is -2.68. The summed E-state index contributed by atoms with van der Waals surface area (Å²) in [7, 11) is 1.78. The number of hydrogen-bond donors (Lipinski definition) is 1. The second-order valence-electron chi connectivity index (χ2n) is 6.61. The Labute approximate surface area is 162 Å². The first-order chi connectivity index (χ1) is 13.3. The molecule has 27 heavy (non-hydrogen) atoms. The van der Waals surface area contributed by atoms with Crippen LogP contribution in [0.2, 0.25) is 0 Å². The van der Waals surface area contributed by atoms with Crippen molar-refractivity contribution < 1.29 is 4.74 Å². The average Bonchev–Trinajstić information content (AvgIpc) is 2.75. The van der Waals surface area contributed by atoms with E-state index in [1.165, 1.54) is 11.1 Å². The van der Waals surface area contributed by atoms with Gasteiger partial charge in [0.25, 0.3) is 0 Å². The van der Waals surface area contributed by atoms with Gasteiger partial charge in [0.15, 0.2) is 0 Å². The summed E-state index contributed by atoms with van der Waals surface area (Å²) in [5, 5.41) is 3.84. The standard InChI is InChI=1S/C25H27NO/c1-3-13-23(20-14-7-4-8-15-20)26-24(21-16-9-5-10-17-21)25(27-2)22-18-11-6-12-19-22/h3-12,14-19,23-26H,1,13H2,2H3/t23-,24-,25+/m1/s1. The maximum Gasteiger partial charge on any atom is 0.102 e. The number of ether oxygens (including phenoxy) is 1. The van der Waals surface area contributed by atoms with Crippen LogP contribution in [0, 0.1) is 0 Å². The van der Waals surface area contributed by atoms with Crippen molar-refractivity contribution in [2.24, 2.45) is 0 Å². The summed E-state index contributed by atoms with van der Waals surface area (Å²) in [6.07, 6.45) is 2.72. The van der Waals surface area contributed by atoms with Gasteiger partial charge in [-0.15, -0.1) is 6.58 Å². The first-order valence-electron chi connectivity index (χ1n) is 9.38. The molecule has 0 aromatic heterocycles. The summed E-state index contributed by atoms with van der Waals surface area (Å²) >= 11 is 0. The number of rotatable bonds is 9. The van der Waals surface area contributed by atoms with Gasteiger partial charge in [0.2, 0.25) is 0 Å². The van der Waals surface area contributed by atoms with Crippen molar-refractivity contribution in [2.45, 2.75) is 24.6 Å². The predicted octanol–water partition coefficient (Wildman–Crippen LogP) is 6.02. The third-order valence-electron chi connectivity index (χ3n) is 4.83. The lowest BCUT2D eigenvalue weighted by atomic mass is 9.93. The molecule has 0 saturated carbocycles. The number of benzene rings is 3. The molecule has 3 rings (SSSR count). The highest BCUT2D eigenvalue weighted by Gasteiger charge is 2.27. The Kier molecular flexibility index (Phi) is 6.97.